The molecule has 0 saturated carbocycles. The van der Waals surface area contributed by atoms with E-state index in [-0.39, 0.29) is 11.7 Å². The predicted molar refractivity (Wildman–Crippen MR) is 66.0 cm³/mol. The minimum atomic E-state index is -0.0809. The van der Waals surface area contributed by atoms with E-state index in [2.05, 4.69) is 10.3 Å². The number of aryl methyl sites for hydroxylation is 2. The van der Waals surface area contributed by atoms with Crippen molar-refractivity contribution in [2.45, 2.75) is 20.3 Å². The summed E-state index contributed by atoms with van der Waals surface area (Å²) >= 11 is 0. The molecule has 0 aliphatic rings. The summed E-state index contributed by atoms with van der Waals surface area (Å²) < 4.78 is 1.87. The fraction of sp³-hybridized carbons (Fsp3) is 0.333. The Balaban J connectivity index is 2.54. The molecule has 0 radical (unpaired) electrons. The molecule has 0 bridgehead atoms. The highest BCUT2D eigenvalue weighted by Crippen LogP contribution is 2.28. The van der Waals surface area contributed by atoms with Crippen LogP contribution in [0.3, 0.4) is 0 Å². The van der Waals surface area contributed by atoms with E-state index in [0.717, 1.165) is 11.3 Å². The Morgan fingerprint density at radius 1 is 1.53 bits per heavy atom. The van der Waals surface area contributed by atoms with Gasteiger partial charge in [-0.25, -0.2) is 4.98 Å². The summed E-state index contributed by atoms with van der Waals surface area (Å²) in [4.78, 5) is 15.6. The van der Waals surface area contributed by atoms with Crippen molar-refractivity contribution in [3.8, 4) is 5.75 Å². The molecule has 0 saturated heterocycles. The lowest BCUT2D eigenvalue weighted by Crippen LogP contribution is -2.09. The summed E-state index contributed by atoms with van der Waals surface area (Å²) in [5.41, 5.74) is 1.94. The zero-order valence-electron chi connectivity index (χ0n) is 10.1. The highest BCUT2D eigenvalue weighted by Gasteiger charge is 2.11. The van der Waals surface area contributed by atoms with Crippen LogP contribution in [0.4, 0.5) is 5.69 Å². The molecule has 5 heteroatoms. The number of aromatic nitrogens is 2. The summed E-state index contributed by atoms with van der Waals surface area (Å²) in [5.74, 6) is 0.814. The molecule has 0 spiro atoms. The Bertz CT molecular complexity index is 587. The van der Waals surface area contributed by atoms with Crippen molar-refractivity contribution < 1.29 is 9.90 Å². The smallest absolute Gasteiger partial charge is 0.224 e. The van der Waals surface area contributed by atoms with Crippen LogP contribution in [0.2, 0.25) is 0 Å². The van der Waals surface area contributed by atoms with Crippen molar-refractivity contribution in [3.63, 3.8) is 0 Å². The molecule has 5 nitrogen and oxygen atoms in total. The maximum absolute atomic E-state index is 11.3. The molecule has 0 aliphatic carbocycles. The lowest BCUT2D eigenvalue weighted by Gasteiger charge is -2.05. The van der Waals surface area contributed by atoms with Gasteiger partial charge in [-0.1, -0.05) is 6.92 Å². The van der Waals surface area contributed by atoms with Gasteiger partial charge in [-0.15, -0.1) is 0 Å². The molecule has 0 unspecified atom stereocenters. The number of fused-ring (bicyclic) bond motifs is 1. The van der Waals surface area contributed by atoms with Gasteiger partial charge in [0.15, 0.2) is 0 Å². The molecule has 0 atom stereocenters. The van der Waals surface area contributed by atoms with Crippen LogP contribution < -0.4 is 5.32 Å². The molecule has 0 aliphatic heterocycles. The summed E-state index contributed by atoms with van der Waals surface area (Å²) in [6.45, 7) is 3.64. The standard InChI is InChI=1S/C12H15N3O2/c1-4-11(17)14-8-5-9-12(10(16)6-8)13-7(2)15(9)3/h5-6,16H,4H2,1-3H3,(H,14,17). The third kappa shape index (κ3) is 1.95. The molecule has 1 amide bonds. The van der Waals surface area contributed by atoms with Crippen LogP contribution in [0.1, 0.15) is 19.2 Å². The van der Waals surface area contributed by atoms with Crippen molar-refractivity contribution in [1.82, 2.24) is 9.55 Å². The number of hydrogen-bond donors (Lipinski definition) is 2. The number of imidazole rings is 1. The van der Waals surface area contributed by atoms with Crippen LogP contribution in [0, 0.1) is 6.92 Å². The van der Waals surface area contributed by atoms with Gasteiger partial charge in [0.2, 0.25) is 5.91 Å². The molecule has 90 valence electrons. The van der Waals surface area contributed by atoms with Gasteiger partial charge in [-0.05, 0) is 13.0 Å². The second-order valence-corrected chi connectivity index (χ2v) is 3.98. The zero-order chi connectivity index (χ0) is 12.6. The number of amides is 1. The number of anilines is 1. The van der Waals surface area contributed by atoms with Crippen molar-refractivity contribution in [1.29, 1.82) is 0 Å². The van der Waals surface area contributed by atoms with Crippen LogP contribution in [0.25, 0.3) is 11.0 Å². The van der Waals surface area contributed by atoms with Crippen LogP contribution in [0.15, 0.2) is 12.1 Å². The summed E-state index contributed by atoms with van der Waals surface area (Å²) in [6.07, 6.45) is 0.406. The molecule has 0 fully saturated rings. The topological polar surface area (TPSA) is 67.2 Å². The van der Waals surface area contributed by atoms with Crippen LogP contribution >= 0.6 is 0 Å². The van der Waals surface area contributed by atoms with Gasteiger partial charge in [0.25, 0.3) is 0 Å². The molecule has 2 aromatic rings. The Morgan fingerprint density at radius 3 is 2.88 bits per heavy atom. The molecule has 2 rings (SSSR count). The normalized spacial score (nSPS) is 10.8. The van der Waals surface area contributed by atoms with E-state index < -0.39 is 0 Å². The maximum Gasteiger partial charge on any atom is 0.224 e. The molecular formula is C12H15N3O2. The van der Waals surface area contributed by atoms with E-state index >= 15 is 0 Å². The number of nitrogens with zero attached hydrogens (tertiary/aromatic N) is 2. The fourth-order valence-electron chi connectivity index (χ4n) is 1.71. The van der Waals surface area contributed by atoms with Crippen LogP contribution in [-0.2, 0) is 11.8 Å². The Labute approximate surface area is 99.1 Å². The first-order valence-electron chi connectivity index (χ1n) is 5.48. The number of hydrogen-bond acceptors (Lipinski definition) is 3. The molecular weight excluding hydrogens is 218 g/mol. The van der Waals surface area contributed by atoms with Crippen molar-refractivity contribution in [2.75, 3.05) is 5.32 Å². The van der Waals surface area contributed by atoms with E-state index in [1.54, 1.807) is 6.92 Å². The number of nitrogens with one attached hydrogen (secondary N) is 1. The van der Waals surface area contributed by atoms with E-state index in [0.29, 0.717) is 17.6 Å². The Kier molecular flexibility index (Phi) is 2.75. The van der Waals surface area contributed by atoms with Crippen molar-refractivity contribution in [2.24, 2.45) is 7.05 Å². The monoisotopic (exact) mass is 233 g/mol. The molecule has 1 aromatic carbocycles. The molecule has 1 heterocycles. The summed E-state index contributed by atoms with van der Waals surface area (Å²) in [5, 5.41) is 12.6. The zero-order valence-corrected chi connectivity index (χ0v) is 10.1. The maximum atomic E-state index is 11.3. The second kappa shape index (κ2) is 4.08. The van der Waals surface area contributed by atoms with Crippen LogP contribution in [0.5, 0.6) is 5.75 Å². The minimum absolute atomic E-state index is 0.0809. The van der Waals surface area contributed by atoms with Crippen molar-refractivity contribution in [3.05, 3.63) is 18.0 Å². The van der Waals surface area contributed by atoms with Gasteiger partial charge < -0.3 is 15.0 Å². The number of phenols is 1. The summed E-state index contributed by atoms with van der Waals surface area (Å²) in [7, 11) is 1.87. The van der Waals surface area contributed by atoms with Gasteiger partial charge in [0.05, 0.1) is 5.52 Å². The molecule has 1 aromatic heterocycles. The predicted octanol–water partition coefficient (Wildman–Crippen LogP) is 1.94. The molecule has 2 N–H and O–H groups in total. The first-order chi connectivity index (χ1) is 8.02. The van der Waals surface area contributed by atoms with Gasteiger partial charge in [0.1, 0.15) is 17.1 Å². The average molecular weight is 233 g/mol. The number of benzene rings is 1. The average Bonchev–Trinajstić information content (AvgIpc) is 2.57. The van der Waals surface area contributed by atoms with Gasteiger partial charge >= 0.3 is 0 Å². The number of phenolic OH excluding ortho intramolecular Hbond substituents is 1. The van der Waals surface area contributed by atoms with Crippen molar-refractivity contribution >= 4 is 22.6 Å². The fourth-order valence-corrected chi connectivity index (χ4v) is 1.71. The van der Waals surface area contributed by atoms with E-state index in [4.69, 9.17) is 0 Å². The lowest BCUT2D eigenvalue weighted by molar-refractivity contribution is -0.115. The van der Waals surface area contributed by atoms with Gasteiger partial charge in [0, 0.05) is 25.2 Å². The van der Waals surface area contributed by atoms with Gasteiger partial charge in [-0.3, -0.25) is 4.79 Å². The van der Waals surface area contributed by atoms with Crippen LogP contribution in [-0.4, -0.2) is 20.6 Å². The first kappa shape index (κ1) is 11.4. The minimum Gasteiger partial charge on any atom is -0.506 e. The number of carbonyl (C=O) groups is 1. The quantitative estimate of drug-likeness (QED) is 0.833. The first-order valence-corrected chi connectivity index (χ1v) is 5.48. The Morgan fingerprint density at radius 2 is 2.24 bits per heavy atom. The Hall–Kier alpha value is -2.04. The van der Waals surface area contributed by atoms with Gasteiger partial charge in [-0.2, -0.15) is 0 Å². The van der Waals surface area contributed by atoms with E-state index in [9.17, 15) is 9.90 Å². The highest BCUT2D eigenvalue weighted by molar-refractivity contribution is 5.94. The third-order valence-corrected chi connectivity index (χ3v) is 2.79. The SMILES string of the molecule is CCC(=O)Nc1cc(O)c2nc(C)n(C)c2c1. The van der Waals surface area contributed by atoms with E-state index in [1.807, 2.05) is 24.6 Å². The largest absolute Gasteiger partial charge is 0.506 e. The lowest BCUT2D eigenvalue weighted by atomic mass is 10.2. The summed E-state index contributed by atoms with van der Waals surface area (Å²) in [6, 6.07) is 3.32. The number of rotatable bonds is 2. The third-order valence-electron chi connectivity index (χ3n) is 2.79. The highest BCUT2D eigenvalue weighted by atomic mass is 16.3. The number of carbonyl (C=O) groups excluding carboxylic acids is 1. The van der Waals surface area contributed by atoms with E-state index in [1.165, 1.54) is 6.07 Å². The second-order valence-electron chi connectivity index (χ2n) is 3.98. The number of aromatic hydroxyl groups is 1. The molecule has 17 heavy (non-hydrogen) atoms.